The molecule has 1 aromatic rings. The molecule has 25 heavy (non-hydrogen) atoms. The van der Waals surface area contributed by atoms with Gasteiger partial charge in [0.1, 0.15) is 5.60 Å². The van der Waals surface area contributed by atoms with Gasteiger partial charge in [0, 0.05) is 19.1 Å². The molecule has 5 nitrogen and oxygen atoms in total. The summed E-state index contributed by atoms with van der Waals surface area (Å²) in [4.78, 5) is 26.9. The number of thiophene rings is 1. The molecule has 0 spiro atoms. The molecule has 1 saturated heterocycles. The van der Waals surface area contributed by atoms with Crippen LogP contribution in [0, 0.1) is 5.92 Å². The summed E-state index contributed by atoms with van der Waals surface area (Å²) in [6.07, 6.45) is 2.34. The van der Waals surface area contributed by atoms with E-state index in [1.54, 1.807) is 17.0 Å². The average molecular weight is 387 g/mol. The van der Waals surface area contributed by atoms with Crippen LogP contribution >= 0.6 is 22.9 Å². The van der Waals surface area contributed by atoms with E-state index in [0.29, 0.717) is 28.2 Å². The lowest BCUT2D eigenvalue weighted by Gasteiger charge is -2.36. The minimum Gasteiger partial charge on any atom is -0.444 e. The first-order valence-electron chi connectivity index (χ1n) is 8.73. The van der Waals surface area contributed by atoms with Gasteiger partial charge in [0.25, 0.3) is 5.91 Å². The van der Waals surface area contributed by atoms with Crippen LogP contribution in [0.2, 0.25) is 4.34 Å². The van der Waals surface area contributed by atoms with E-state index in [9.17, 15) is 9.59 Å². The minimum absolute atomic E-state index is 0.0710. The number of halogens is 1. The molecule has 2 heterocycles. The van der Waals surface area contributed by atoms with Gasteiger partial charge in [-0.2, -0.15) is 0 Å². The zero-order chi connectivity index (χ0) is 18.6. The van der Waals surface area contributed by atoms with Gasteiger partial charge >= 0.3 is 6.09 Å². The second-order valence-corrected chi connectivity index (χ2v) is 9.11. The van der Waals surface area contributed by atoms with Gasteiger partial charge in [-0.1, -0.05) is 18.5 Å². The highest BCUT2D eigenvalue weighted by Crippen LogP contribution is 2.25. The number of piperidine rings is 1. The highest BCUT2D eigenvalue weighted by Gasteiger charge is 2.31. The van der Waals surface area contributed by atoms with E-state index in [-0.39, 0.29) is 18.0 Å². The van der Waals surface area contributed by atoms with Crippen LogP contribution in [0.1, 0.15) is 56.6 Å². The first-order valence-corrected chi connectivity index (χ1v) is 9.93. The Morgan fingerprint density at radius 2 is 2.00 bits per heavy atom. The van der Waals surface area contributed by atoms with E-state index < -0.39 is 5.60 Å². The van der Waals surface area contributed by atoms with Crippen molar-refractivity contribution < 1.29 is 14.3 Å². The molecule has 1 fully saturated rings. The number of rotatable bonds is 4. The maximum Gasteiger partial charge on any atom is 0.410 e. The van der Waals surface area contributed by atoms with Crippen LogP contribution < -0.4 is 5.32 Å². The highest BCUT2D eigenvalue weighted by atomic mass is 35.5. The minimum atomic E-state index is -0.476. The van der Waals surface area contributed by atoms with Gasteiger partial charge < -0.3 is 15.0 Å². The quantitative estimate of drug-likeness (QED) is 0.825. The Labute approximate surface area is 158 Å². The van der Waals surface area contributed by atoms with Crippen molar-refractivity contribution in [3.05, 3.63) is 21.3 Å². The summed E-state index contributed by atoms with van der Waals surface area (Å²) in [5.74, 6) is 0.293. The Balaban J connectivity index is 1.87. The summed E-state index contributed by atoms with van der Waals surface area (Å²) < 4.78 is 6.04. The fourth-order valence-electron chi connectivity index (χ4n) is 3.04. The van der Waals surface area contributed by atoms with Crippen LogP contribution in [0.5, 0.6) is 0 Å². The first-order chi connectivity index (χ1) is 11.7. The molecule has 1 aliphatic heterocycles. The van der Waals surface area contributed by atoms with Crippen LogP contribution in [0.15, 0.2) is 12.1 Å². The molecule has 0 radical (unpaired) electrons. The molecule has 0 aromatic carbocycles. The molecule has 0 bridgehead atoms. The molecular weight excluding hydrogens is 360 g/mol. The van der Waals surface area contributed by atoms with Crippen LogP contribution in [-0.2, 0) is 4.74 Å². The van der Waals surface area contributed by atoms with Crippen LogP contribution in [0.25, 0.3) is 0 Å². The van der Waals surface area contributed by atoms with E-state index in [1.807, 2.05) is 20.8 Å². The number of amides is 2. The normalized spacial score (nSPS) is 17.2. The summed E-state index contributed by atoms with van der Waals surface area (Å²) in [7, 11) is 0. The van der Waals surface area contributed by atoms with Crippen molar-refractivity contribution in [1.29, 1.82) is 0 Å². The largest absolute Gasteiger partial charge is 0.444 e. The third kappa shape index (κ3) is 5.89. The third-order valence-electron chi connectivity index (χ3n) is 4.31. The Bertz CT molecular complexity index is 604. The van der Waals surface area contributed by atoms with Crippen LogP contribution in [0.4, 0.5) is 4.79 Å². The topological polar surface area (TPSA) is 58.6 Å². The molecule has 2 rings (SSSR count). The van der Waals surface area contributed by atoms with E-state index >= 15 is 0 Å². The number of carbonyl (C=O) groups excluding carboxylic acids is 2. The second-order valence-electron chi connectivity index (χ2n) is 7.40. The molecule has 140 valence electrons. The van der Waals surface area contributed by atoms with Gasteiger partial charge in [0.2, 0.25) is 0 Å². The predicted molar refractivity (Wildman–Crippen MR) is 101 cm³/mol. The van der Waals surface area contributed by atoms with E-state index in [1.165, 1.54) is 11.3 Å². The van der Waals surface area contributed by atoms with Crippen LogP contribution in [-0.4, -0.2) is 41.6 Å². The maximum absolute atomic E-state index is 12.4. The average Bonchev–Trinajstić information content (AvgIpc) is 2.97. The van der Waals surface area contributed by atoms with Crippen LogP contribution in [0.3, 0.4) is 0 Å². The fourth-order valence-corrected chi connectivity index (χ4v) is 3.99. The maximum atomic E-state index is 12.4. The first kappa shape index (κ1) is 20.0. The Morgan fingerprint density at radius 1 is 1.36 bits per heavy atom. The number of hydrogen-bond acceptors (Lipinski definition) is 4. The van der Waals surface area contributed by atoms with Crippen molar-refractivity contribution in [3.63, 3.8) is 0 Å². The molecule has 1 N–H and O–H groups in total. The van der Waals surface area contributed by atoms with Crippen molar-refractivity contribution in [2.24, 2.45) is 5.92 Å². The zero-order valence-corrected chi connectivity index (χ0v) is 16.9. The SMILES string of the molecule is CC[C@@H](NC(=O)c1ccc(Cl)s1)C1CCN(C(=O)OC(C)(C)C)CC1. The molecule has 1 atom stereocenters. The van der Waals surface area contributed by atoms with Crippen molar-refractivity contribution in [2.45, 2.75) is 58.6 Å². The summed E-state index contributed by atoms with van der Waals surface area (Å²) in [5, 5.41) is 3.13. The molecule has 1 aromatic heterocycles. The number of likely N-dealkylation sites (tertiary alicyclic amines) is 1. The van der Waals surface area contributed by atoms with E-state index in [2.05, 4.69) is 12.2 Å². The zero-order valence-electron chi connectivity index (χ0n) is 15.3. The molecule has 7 heteroatoms. The van der Waals surface area contributed by atoms with Crippen molar-refractivity contribution in [2.75, 3.05) is 13.1 Å². The lowest BCUT2D eigenvalue weighted by Crippen LogP contribution is -2.47. The molecule has 0 aliphatic carbocycles. The van der Waals surface area contributed by atoms with Gasteiger partial charge in [-0.15, -0.1) is 11.3 Å². The van der Waals surface area contributed by atoms with Gasteiger partial charge in [-0.25, -0.2) is 4.79 Å². The molecule has 1 aliphatic rings. The van der Waals surface area contributed by atoms with Gasteiger partial charge in [-0.05, 0) is 58.1 Å². The number of carbonyl (C=O) groups is 2. The van der Waals surface area contributed by atoms with Gasteiger partial charge in [-0.3, -0.25) is 4.79 Å². The molecule has 2 amide bonds. The van der Waals surface area contributed by atoms with Crippen molar-refractivity contribution in [1.82, 2.24) is 10.2 Å². The van der Waals surface area contributed by atoms with Crippen molar-refractivity contribution in [3.8, 4) is 0 Å². The number of hydrogen-bond donors (Lipinski definition) is 1. The van der Waals surface area contributed by atoms with E-state index in [0.717, 1.165) is 19.3 Å². The lowest BCUT2D eigenvalue weighted by atomic mass is 9.88. The monoisotopic (exact) mass is 386 g/mol. The molecular formula is C18H27ClN2O3S. The third-order valence-corrected chi connectivity index (χ3v) is 5.54. The smallest absolute Gasteiger partial charge is 0.410 e. The Kier molecular flexibility index (Phi) is 6.74. The Morgan fingerprint density at radius 3 is 2.48 bits per heavy atom. The summed E-state index contributed by atoms with van der Waals surface area (Å²) >= 11 is 7.19. The molecule has 0 unspecified atom stereocenters. The standard InChI is InChI=1S/C18H27ClN2O3S/c1-5-13(20-16(22)14-6-7-15(19)25-14)12-8-10-21(11-9-12)17(23)24-18(2,3)4/h6-7,12-13H,5,8-11H2,1-4H3,(H,20,22)/t13-/m1/s1. The Hall–Kier alpha value is -1.27. The summed E-state index contributed by atoms with van der Waals surface area (Å²) in [6, 6.07) is 3.59. The number of ether oxygens (including phenoxy) is 1. The van der Waals surface area contributed by atoms with Gasteiger partial charge in [0.15, 0.2) is 0 Å². The van der Waals surface area contributed by atoms with Crippen molar-refractivity contribution >= 4 is 34.9 Å². The van der Waals surface area contributed by atoms with Gasteiger partial charge in [0.05, 0.1) is 9.21 Å². The second kappa shape index (κ2) is 8.41. The lowest BCUT2D eigenvalue weighted by molar-refractivity contribution is 0.0167. The highest BCUT2D eigenvalue weighted by molar-refractivity contribution is 7.17. The summed E-state index contributed by atoms with van der Waals surface area (Å²) in [5.41, 5.74) is -0.476. The summed E-state index contributed by atoms with van der Waals surface area (Å²) in [6.45, 7) is 9.02. The molecule has 0 saturated carbocycles. The number of nitrogens with zero attached hydrogens (tertiary/aromatic N) is 1. The fraction of sp³-hybridized carbons (Fsp3) is 0.667. The predicted octanol–water partition coefficient (Wildman–Crippen LogP) is 4.56. The van der Waals surface area contributed by atoms with E-state index in [4.69, 9.17) is 16.3 Å². The number of nitrogens with one attached hydrogen (secondary N) is 1.